The van der Waals surface area contributed by atoms with Gasteiger partial charge >= 0.3 is 0 Å². The third-order valence-electron chi connectivity index (χ3n) is 5.11. The van der Waals surface area contributed by atoms with E-state index >= 15 is 0 Å². The zero-order valence-electron chi connectivity index (χ0n) is 21.8. The van der Waals surface area contributed by atoms with Crippen LogP contribution in [0.5, 0.6) is 34.5 Å². The smallest absolute Gasteiger partial charge is 0.203 e. The van der Waals surface area contributed by atoms with Crippen LogP contribution in [0.25, 0.3) is 11.1 Å². The molecule has 0 heterocycles. The molecule has 2 aromatic carbocycles. The number of aldehydes is 2. The zero-order valence-corrected chi connectivity index (χ0v) is 21.8. The Bertz CT molecular complexity index is 1000. The van der Waals surface area contributed by atoms with Gasteiger partial charge < -0.3 is 28.4 Å². The molecule has 10 heteroatoms. The monoisotopic (exact) mass is 494 g/mol. The van der Waals surface area contributed by atoms with E-state index < -0.39 is 0 Å². The number of carbonyl (C=O) groups is 2. The molecule has 0 unspecified atom stereocenters. The minimum atomic E-state index is 0.0264. The van der Waals surface area contributed by atoms with Crippen LogP contribution in [0.2, 0.25) is 0 Å². The molecule has 2 rings (SSSR count). The summed E-state index contributed by atoms with van der Waals surface area (Å²) in [4.78, 5) is 25.0. The molecule has 0 N–H and O–H groups in total. The Morgan fingerprint density at radius 3 is 0.972 bits per heavy atom. The fourth-order valence-electron chi connectivity index (χ4n) is 3.87. The number of hydrogen-bond acceptors (Lipinski definition) is 8. The minimum absolute atomic E-state index is 0.0264. The lowest BCUT2D eigenvalue weighted by Crippen LogP contribution is -2.23. The molecule has 0 fully saturated rings. The van der Waals surface area contributed by atoms with Crippen molar-refractivity contribution < 1.29 is 38.0 Å². The Morgan fingerprint density at radius 2 is 0.722 bits per heavy atom. The van der Waals surface area contributed by atoms with Crippen LogP contribution in [-0.4, -0.2) is 67.9 Å². The lowest BCUT2D eigenvalue weighted by Gasteiger charge is -2.27. The molecule has 4 radical (unpaired) electrons. The predicted molar refractivity (Wildman–Crippen MR) is 140 cm³/mol. The quantitative estimate of drug-likeness (QED) is 0.276. The molecule has 36 heavy (non-hydrogen) atoms. The maximum Gasteiger partial charge on any atom is 0.203 e. The summed E-state index contributed by atoms with van der Waals surface area (Å²) >= 11 is 0. The van der Waals surface area contributed by atoms with Gasteiger partial charge in [0.15, 0.2) is 23.0 Å². The van der Waals surface area contributed by atoms with Crippen LogP contribution in [0, 0.1) is 0 Å². The van der Waals surface area contributed by atoms with E-state index in [1.165, 1.54) is 0 Å². The fourth-order valence-corrected chi connectivity index (χ4v) is 3.87. The first-order valence-corrected chi connectivity index (χ1v) is 12.1. The molecule has 0 aliphatic rings. The first-order chi connectivity index (χ1) is 17.4. The van der Waals surface area contributed by atoms with Gasteiger partial charge in [-0.25, -0.2) is 0 Å². The average Bonchev–Trinajstić information content (AvgIpc) is 2.86. The summed E-state index contributed by atoms with van der Waals surface area (Å²) in [6.45, 7) is 12.2. The lowest BCUT2D eigenvalue weighted by atomic mass is 9.79. The van der Waals surface area contributed by atoms with Crippen molar-refractivity contribution in [3.05, 3.63) is 11.1 Å². The number of hydrogen-bond donors (Lipinski definition) is 0. The van der Waals surface area contributed by atoms with Gasteiger partial charge in [0.2, 0.25) is 11.5 Å². The van der Waals surface area contributed by atoms with E-state index in [0.29, 0.717) is 12.6 Å². The Labute approximate surface area is 215 Å². The van der Waals surface area contributed by atoms with Gasteiger partial charge in [-0.3, -0.25) is 9.59 Å². The molecule has 190 valence electrons. The molecule has 0 saturated heterocycles. The maximum absolute atomic E-state index is 12.5. The second kappa shape index (κ2) is 13.7. The largest absolute Gasteiger partial charge is 0.490 e. The summed E-state index contributed by atoms with van der Waals surface area (Å²) < 4.78 is 35.3. The highest BCUT2D eigenvalue weighted by molar-refractivity contribution is 6.41. The lowest BCUT2D eigenvalue weighted by molar-refractivity contribution is 0.111. The van der Waals surface area contributed by atoms with Crippen molar-refractivity contribution in [1.29, 1.82) is 0 Å². The van der Waals surface area contributed by atoms with E-state index in [2.05, 4.69) is 0 Å². The molecule has 8 nitrogen and oxygen atoms in total. The summed E-state index contributed by atoms with van der Waals surface area (Å²) in [5, 5.41) is 0. The van der Waals surface area contributed by atoms with Gasteiger partial charge in [-0.05, 0) is 52.5 Å². The topological polar surface area (TPSA) is 89.5 Å². The Morgan fingerprint density at radius 1 is 0.472 bits per heavy atom. The van der Waals surface area contributed by atoms with Crippen LogP contribution in [0.15, 0.2) is 0 Å². The minimum Gasteiger partial charge on any atom is -0.490 e. The standard InChI is InChI=1S/C26H32B2O8/c1-7-31-21-17(15(13-29)19(27)23(33-9-3)25(21)35-11-5)18-16(14-30)20(28)24(34-10-4)26(36-12-6)22(18)32-8-2/h13-14H,7-12H2,1-6H3. The molecule has 0 aromatic heterocycles. The van der Waals surface area contributed by atoms with E-state index in [-0.39, 0.29) is 107 Å². The van der Waals surface area contributed by atoms with Gasteiger partial charge in [0.1, 0.15) is 28.3 Å². The van der Waals surface area contributed by atoms with Crippen molar-refractivity contribution in [2.45, 2.75) is 41.5 Å². The number of ether oxygens (including phenoxy) is 6. The highest BCUT2D eigenvalue weighted by atomic mass is 16.5. The molecule has 0 amide bonds. The summed E-state index contributed by atoms with van der Waals surface area (Å²) in [5.41, 5.74) is 0.466. The van der Waals surface area contributed by atoms with Crippen molar-refractivity contribution in [3.8, 4) is 45.6 Å². The normalized spacial score (nSPS) is 10.5. The van der Waals surface area contributed by atoms with Gasteiger partial charge in [0.25, 0.3) is 0 Å². The summed E-state index contributed by atoms with van der Waals surface area (Å²) in [6, 6.07) is 0. The predicted octanol–water partition coefficient (Wildman–Crippen LogP) is 2.96. The van der Waals surface area contributed by atoms with Crippen LogP contribution in [-0.2, 0) is 0 Å². The fraction of sp³-hybridized carbons (Fsp3) is 0.462. The van der Waals surface area contributed by atoms with E-state index in [0.717, 1.165) is 0 Å². The molecular formula is C26H32B2O8. The van der Waals surface area contributed by atoms with Crippen molar-refractivity contribution >= 4 is 39.2 Å². The van der Waals surface area contributed by atoms with Crippen LogP contribution < -0.4 is 39.3 Å². The van der Waals surface area contributed by atoms with Crippen LogP contribution in [0.3, 0.4) is 0 Å². The van der Waals surface area contributed by atoms with Crippen LogP contribution >= 0.6 is 0 Å². The van der Waals surface area contributed by atoms with Gasteiger partial charge in [0.05, 0.1) is 39.6 Å². The molecule has 0 aliphatic heterocycles. The van der Waals surface area contributed by atoms with Crippen LogP contribution in [0.1, 0.15) is 62.3 Å². The molecule has 2 aromatic rings. The third kappa shape index (κ3) is 5.42. The SMILES string of the molecule is [B]c1c(C=O)c(-c2c(C=O)c([B])c(OCC)c(OCC)c2OCC)c(OCC)c(OCC)c1OCC. The van der Waals surface area contributed by atoms with E-state index in [9.17, 15) is 9.59 Å². The first-order valence-electron chi connectivity index (χ1n) is 12.1. The number of carbonyl (C=O) groups excluding carboxylic acids is 2. The number of benzene rings is 2. The van der Waals surface area contributed by atoms with Crippen LogP contribution in [0.4, 0.5) is 0 Å². The summed E-state index contributed by atoms with van der Waals surface area (Å²) in [7, 11) is 12.9. The van der Waals surface area contributed by atoms with E-state index in [1.807, 2.05) is 0 Å². The second-order valence-electron chi connectivity index (χ2n) is 7.21. The molecule has 0 spiro atoms. The van der Waals surface area contributed by atoms with E-state index in [1.54, 1.807) is 41.5 Å². The molecule has 0 saturated carbocycles. The Kier molecular flexibility index (Phi) is 11.0. The van der Waals surface area contributed by atoms with Gasteiger partial charge in [-0.15, -0.1) is 0 Å². The van der Waals surface area contributed by atoms with E-state index in [4.69, 9.17) is 44.1 Å². The summed E-state index contributed by atoms with van der Waals surface area (Å²) in [6.07, 6.45) is 1.14. The average molecular weight is 494 g/mol. The van der Waals surface area contributed by atoms with Crippen molar-refractivity contribution in [2.24, 2.45) is 0 Å². The van der Waals surface area contributed by atoms with Crippen molar-refractivity contribution in [2.75, 3.05) is 39.6 Å². The first kappa shape index (κ1) is 28.9. The Balaban J connectivity index is 3.28. The highest BCUT2D eigenvalue weighted by Crippen LogP contribution is 2.52. The van der Waals surface area contributed by atoms with Gasteiger partial charge in [0, 0.05) is 22.3 Å². The summed E-state index contributed by atoms with van der Waals surface area (Å²) in [5.74, 6) is 1.06. The molecular weight excluding hydrogens is 462 g/mol. The molecule has 0 aliphatic carbocycles. The molecule has 0 atom stereocenters. The van der Waals surface area contributed by atoms with Crippen molar-refractivity contribution in [3.63, 3.8) is 0 Å². The molecule has 0 bridgehead atoms. The van der Waals surface area contributed by atoms with Gasteiger partial charge in [-0.2, -0.15) is 0 Å². The van der Waals surface area contributed by atoms with Gasteiger partial charge in [-0.1, -0.05) is 0 Å². The maximum atomic E-state index is 12.5. The Hall–Kier alpha value is -3.29. The third-order valence-corrected chi connectivity index (χ3v) is 5.11. The number of rotatable bonds is 15. The zero-order chi connectivity index (χ0) is 26.8. The second-order valence-corrected chi connectivity index (χ2v) is 7.21. The highest BCUT2D eigenvalue weighted by Gasteiger charge is 2.33. The van der Waals surface area contributed by atoms with Crippen molar-refractivity contribution in [1.82, 2.24) is 0 Å².